The van der Waals surface area contributed by atoms with Gasteiger partial charge in [0.05, 0.1) is 31.3 Å². The van der Waals surface area contributed by atoms with Crippen molar-refractivity contribution in [3.63, 3.8) is 0 Å². The fraction of sp³-hybridized carbons (Fsp3) is 0.286. The summed E-state index contributed by atoms with van der Waals surface area (Å²) in [7, 11) is 3.29. The number of amides is 1. The second-order valence-corrected chi connectivity index (χ2v) is 10.3. The number of methoxy groups -OCH3 is 2. The van der Waals surface area contributed by atoms with E-state index in [2.05, 4.69) is 17.4 Å². The molecule has 230 valence electrons. The number of benzene rings is 4. The van der Waals surface area contributed by atoms with Crippen molar-refractivity contribution >= 4 is 11.6 Å². The molecule has 0 bridgehead atoms. The summed E-state index contributed by atoms with van der Waals surface area (Å²) in [6.45, 7) is 0.532. The Morgan fingerprint density at radius 1 is 0.795 bits per heavy atom. The number of nitro benzene ring substituents is 1. The number of hydrogen-bond donors (Lipinski definition) is 2. The van der Waals surface area contributed by atoms with Gasteiger partial charge in [0.15, 0.2) is 0 Å². The molecule has 4 aromatic carbocycles. The van der Waals surface area contributed by atoms with Crippen molar-refractivity contribution in [2.75, 3.05) is 27.4 Å². The van der Waals surface area contributed by atoms with Crippen molar-refractivity contribution in [1.29, 1.82) is 0 Å². The lowest BCUT2D eigenvalue weighted by Crippen LogP contribution is -2.33. The zero-order valence-corrected chi connectivity index (χ0v) is 25.0. The SMILES string of the molecule is COc1ccc(C(OCCCCCCNC(=O)c2cc([N+](=O)[O-])ccc2CO)(c2ccccc2)c2ccc(OC)cc2)cc1. The van der Waals surface area contributed by atoms with Gasteiger partial charge in [-0.2, -0.15) is 0 Å². The number of aliphatic hydroxyl groups excluding tert-OH is 1. The molecule has 0 saturated heterocycles. The van der Waals surface area contributed by atoms with E-state index in [1.54, 1.807) is 14.2 Å². The molecule has 0 heterocycles. The molecule has 0 fully saturated rings. The van der Waals surface area contributed by atoms with Gasteiger partial charge < -0.3 is 24.6 Å². The fourth-order valence-electron chi connectivity index (χ4n) is 5.20. The highest BCUT2D eigenvalue weighted by molar-refractivity contribution is 5.96. The third-order valence-corrected chi connectivity index (χ3v) is 7.57. The third kappa shape index (κ3) is 7.61. The summed E-state index contributed by atoms with van der Waals surface area (Å²) in [6.07, 6.45) is 3.27. The molecule has 0 aliphatic rings. The van der Waals surface area contributed by atoms with E-state index < -0.39 is 16.4 Å². The summed E-state index contributed by atoms with van der Waals surface area (Å²) in [5, 5.41) is 23.5. The minimum atomic E-state index is -0.865. The van der Waals surface area contributed by atoms with Gasteiger partial charge in [0.2, 0.25) is 0 Å². The smallest absolute Gasteiger partial charge is 0.270 e. The number of carbonyl (C=O) groups excluding carboxylic acids is 1. The van der Waals surface area contributed by atoms with Crippen LogP contribution in [0.2, 0.25) is 0 Å². The van der Waals surface area contributed by atoms with Gasteiger partial charge in [-0.3, -0.25) is 14.9 Å². The summed E-state index contributed by atoms with van der Waals surface area (Å²) >= 11 is 0. The maximum Gasteiger partial charge on any atom is 0.270 e. The van der Waals surface area contributed by atoms with Crippen LogP contribution in [0.4, 0.5) is 5.69 Å². The van der Waals surface area contributed by atoms with Crippen molar-refractivity contribution in [2.24, 2.45) is 0 Å². The highest BCUT2D eigenvalue weighted by atomic mass is 16.6. The fourth-order valence-corrected chi connectivity index (χ4v) is 5.20. The molecule has 0 aromatic heterocycles. The van der Waals surface area contributed by atoms with Crippen LogP contribution in [0.1, 0.15) is 58.3 Å². The van der Waals surface area contributed by atoms with Gasteiger partial charge in [0.1, 0.15) is 17.1 Å². The molecule has 0 spiro atoms. The average molecular weight is 599 g/mol. The lowest BCUT2D eigenvalue weighted by Gasteiger charge is -2.36. The predicted molar refractivity (Wildman–Crippen MR) is 168 cm³/mol. The molecule has 0 unspecified atom stereocenters. The largest absolute Gasteiger partial charge is 0.497 e. The van der Waals surface area contributed by atoms with Crippen LogP contribution in [-0.2, 0) is 16.9 Å². The average Bonchev–Trinajstić information content (AvgIpc) is 3.08. The first-order valence-electron chi connectivity index (χ1n) is 14.6. The number of aliphatic hydroxyl groups is 1. The Bertz CT molecular complexity index is 1460. The molecule has 4 aromatic rings. The second-order valence-electron chi connectivity index (χ2n) is 10.3. The van der Waals surface area contributed by atoms with E-state index in [9.17, 15) is 20.0 Å². The topological polar surface area (TPSA) is 120 Å². The maximum absolute atomic E-state index is 12.6. The molecule has 0 saturated carbocycles. The van der Waals surface area contributed by atoms with E-state index >= 15 is 0 Å². The number of hydrogen-bond acceptors (Lipinski definition) is 7. The van der Waals surface area contributed by atoms with Crippen LogP contribution in [-0.4, -0.2) is 43.3 Å². The van der Waals surface area contributed by atoms with Gasteiger partial charge in [0, 0.05) is 25.3 Å². The van der Waals surface area contributed by atoms with Crippen LogP contribution in [0, 0.1) is 10.1 Å². The Morgan fingerprint density at radius 3 is 1.91 bits per heavy atom. The van der Waals surface area contributed by atoms with Gasteiger partial charge in [-0.05, 0) is 65.4 Å². The van der Waals surface area contributed by atoms with Crippen LogP contribution in [0.5, 0.6) is 11.5 Å². The van der Waals surface area contributed by atoms with Gasteiger partial charge in [-0.25, -0.2) is 0 Å². The highest BCUT2D eigenvalue weighted by Crippen LogP contribution is 2.41. The number of nitrogens with one attached hydrogen (secondary N) is 1. The highest BCUT2D eigenvalue weighted by Gasteiger charge is 2.37. The Morgan fingerprint density at radius 2 is 1.36 bits per heavy atom. The first-order chi connectivity index (χ1) is 21.4. The van der Waals surface area contributed by atoms with Crippen LogP contribution >= 0.6 is 0 Å². The first-order valence-corrected chi connectivity index (χ1v) is 14.6. The lowest BCUT2D eigenvalue weighted by molar-refractivity contribution is -0.384. The molecular formula is C35H38N2O7. The van der Waals surface area contributed by atoms with E-state index in [-0.39, 0.29) is 17.9 Å². The number of unbranched alkanes of at least 4 members (excludes halogenated alkanes) is 3. The number of carbonyl (C=O) groups is 1. The van der Waals surface area contributed by atoms with E-state index in [4.69, 9.17) is 14.2 Å². The Hall–Kier alpha value is -4.73. The van der Waals surface area contributed by atoms with Crippen molar-refractivity contribution in [3.8, 4) is 11.5 Å². The van der Waals surface area contributed by atoms with Crippen molar-refractivity contribution < 1.29 is 29.0 Å². The summed E-state index contributed by atoms with van der Waals surface area (Å²) in [4.78, 5) is 23.2. The van der Waals surface area contributed by atoms with E-state index in [1.165, 1.54) is 18.2 Å². The Labute approximate surface area is 257 Å². The molecule has 2 N–H and O–H groups in total. The molecular weight excluding hydrogens is 560 g/mol. The van der Waals surface area contributed by atoms with E-state index in [1.807, 2.05) is 66.7 Å². The molecule has 0 aliphatic carbocycles. The molecule has 0 atom stereocenters. The van der Waals surface area contributed by atoms with Crippen LogP contribution in [0.3, 0.4) is 0 Å². The van der Waals surface area contributed by atoms with E-state index in [0.717, 1.165) is 53.9 Å². The number of rotatable bonds is 16. The number of nitrogens with zero attached hydrogens (tertiary/aromatic N) is 1. The lowest BCUT2D eigenvalue weighted by atomic mass is 9.80. The van der Waals surface area contributed by atoms with Crippen LogP contribution in [0.15, 0.2) is 97.1 Å². The molecule has 0 radical (unpaired) electrons. The van der Waals surface area contributed by atoms with Crippen molar-refractivity contribution in [3.05, 3.63) is 135 Å². The molecule has 9 heteroatoms. The summed E-state index contributed by atoms with van der Waals surface area (Å²) < 4.78 is 17.7. The van der Waals surface area contributed by atoms with Gasteiger partial charge in [-0.15, -0.1) is 0 Å². The Balaban J connectivity index is 1.41. The molecule has 4 rings (SSSR count). The van der Waals surface area contributed by atoms with E-state index in [0.29, 0.717) is 18.7 Å². The van der Waals surface area contributed by atoms with Gasteiger partial charge in [-0.1, -0.05) is 67.4 Å². The molecule has 1 amide bonds. The number of nitro groups is 1. The molecule has 0 aliphatic heterocycles. The predicted octanol–water partition coefficient (Wildman–Crippen LogP) is 6.40. The Kier molecular flexibility index (Phi) is 11.5. The van der Waals surface area contributed by atoms with Crippen molar-refractivity contribution in [1.82, 2.24) is 5.32 Å². The first kappa shape index (κ1) is 32.2. The standard InChI is InChI=1S/C35H38N2O7/c1-42-31-18-13-28(14-19-31)35(27-10-6-5-7-11-27,29-15-20-32(43-2)21-16-29)44-23-9-4-3-8-22-36-34(39)33-24-30(37(40)41)17-12-26(33)25-38/h5-7,10-21,24,38H,3-4,8-9,22-23,25H2,1-2H3,(H,36,39). The molecule has 9 nitrogen and oxygen atoms in total. The van der Waals surface area contributed by atoms with Gasteiger partial charge >= 0.3 is 0 Å². The normalized spacial score (nSPS) is 11.2. The summed E-state index contributed by atoms with van der Waals surface area (Å²) in [5.74, 6) is 1.08. The molecule has 44 heavy (non-hydrogen) atoms. The number of ether oxygens (including phenoxy) is 3. The second kappa shape index (κ2) is 15.7. The monoisotopic (exact) mass is 598 g/mol. The zero-order chi connectivity index (χ0) is 31.4. The third-order valence-electron chi connectivity index (χ3n) is 7.57. The minimum absolute atomic E-state index is 0.115. The summed E-state index contributed by atoms with van der Waals surface area (Å²) in [5.41, 5.74) is 2.35. The summed E-state index contributed by atoms with van der Waals surface area (Å²) in [6, 6.07) is 29.9. The minimum Gasteiger partial charge on any atom is -0.497 e. The van der Waals surface area contributed by atoms with Crippen LogP contribution < -0.4 is 14.8 Å². The quantitative estimate of drug-likeness (QED) is 0.0662. The van der Waals surface area contributed by atoms with Gasteiger partial charge in [0.25, 0.3) is 11.6 Å². The van der Waals surface area contributed by atoms with Crippen molar-refractivity contribution in [2.45, 2.75) is 37.9 Å². The van der Waals surface area contributed by atoms with Crippen LogP contribution in [0.25, 0.3) is 0 Å². The maximum atomic E-state index is 12.6. The number of non-ortho nitro benzene ring substituents is 1. The zero-order valence-electron chi connectivity index (χ0n) is 25.0.